The summed E-state index contributed by atoms with van der Waals surface area (Å²) in [6, 6.07) is 20.2. The normalized spacial score (nSPS) is 14.4. The van der Waals surface area contributed by atoms with Gasteiger partial charge in [0, 0.05) is 30.6 Å². The second-order valence-electron chi connectivity index (χ2n) is 7.88. The molecule has 5 heteroatoms. The zero-order valence-corrected chi connectivity index (χ0v) is 18.9. The predicted octanol–water partition coefficient (Wildman–Crippen LogP) is 5.52. The molecule has 0 aliphatic carbocycles. The number of fused-ring (bicyclic) bond motifs is 1. The van der Waals surface area contributed by atoms with E-state index in [-0.39, 0.29) is 12.2 Å². The molecule has 4 rings (SSSR count). The largest absolute Gasteiger partial charge is 0.493 e. The maximum atomic E-state index is 13.0. The number of hydrogen-bond donors (Lipinski definition) is 0. The number of benzene rings is 3. The lowest BCUT2D eigenvalue weighted by atomic mass is 9.95. The van der Waals surface area contributed by atoms with Crippen molar-refractivity contribution in [3.8, 4) is 16.9 Å². The molecule has 0 radical (unpaired) electrons. The highest BCUT2D eigenvalue weighted by Gasteiger charge is 2.18. The molecule has 3 aromatic carbocycles. The molecule has 0 atom stereocenters. The van der Waals surface area contributed by atoms with Crippen molar-refractivity contribution in [3.63, 3.8) is 0 Å². The lowest BCUT2D eigenvalue weighted by molar-refractivity contribution is -0.183. The molecule has 0 aromatic heterocycles. The second kappa shape index (κ2) is 10.6. The quantitative estimate of drug-likeness (QED) is 0.469. The van der Waals surface area contributed by atoms with Crippen molar-refractivity contribution in [3.05, 3.63) is 66.2 Å². The van der Waals surface area contributed by atoms with Gasteiger partial charge >= 0.3 is 0 Å². The minimum absolute atomic E-state index is 0.0474. The SMILES string of the molecule is CCN(CC)C(=O)c1cccc(-c2c(OCCC3OCCCO3)ccc3ccccc23)c1. The summed E-state index contributed by atoms with van der Waals surface area (Å²) in [5.74, 6) is 0.845. The van der Waals surface area contributed by atoms with Crippen molar-refractivity contribution < 1.29 is 19.0 Å². The minimum atomic E-state index is -0.206. The molecule has 0 unspecified atom stereocenters. The molecule has 1 saturated heterocycles. The van der Waals surface area contributed by atoms with E-state index >= 15 is 0 Å². The van der Waals surface area contributed by atoms with Crippen LogP contribution in [0.15, 0.2) is 60.7 Å². The van der Waals surface area contributed by atoms with Gasteiger partial charge in [-0.2, -0.15) is 0 Å². The van der Waals surface area contributed by atoms with Crippen molar-refractivity contribution in [2.45, 2.75) is 33.0 Å². The number of nitrogens with zero attached hydrogens (tertiary/aromatic N) is 1. The molecule has 1 aliphatic rings. The summed E-state index contributed by atoms with van der Waals surface area (Å²) in [6.45, 7) is 7.34. The fourth-order valence-electron chi connectivity index (χ4n) is 4.14. The predicted molar refractivity (Wildman–Crippen MR) is 127 cm³/mol. The van der Waals surface area contributed by atoms with Gasteiger partial charge in [0.2, 0.25) is 0 Å². The first-order chi connectivity index (χ1) is 15.7. The molecule has 1 heterocycles. The van der Waals surface area contributed by atoms with Crippen molar-refractivity contribution in [2.24, 2.45) is 0 Å². The average Bonchev–Trinajstić information content (AvgIpc) is 2.85. The molecule has 1 aliphatic heterocycles. The van der Waals surface area contributed by atoms with E-state index in [2.05, 4.69) is 18.2 Å². The smallest absolute Gasteiger partial charge is 0.253 e. The summed E-state index contributed by atoms with van der Waals surface area (Å²) < 4.78 is 17.5. The average molecular weight is 434 g/mol. The third-order valence-corrected chi connectivity index (χ3v) is 5.85. The van der Waals surface area contributed by atoms with Crippen LogP contribution in [0.25, 0.3) is 21.9 Å². The van der Waals surface area contributed by atoms with Crippen LogP contribution in [-0.2, 0) is 9.47 Å². The van der Waals surface area contributed by atoms with E-state index in [1.807, 2.05) is 61.2 Å². The highest BCUT2D eigenvalue weighted by Crippen LogP contribution is 2.37. The molecule has 1 fully saturated rings. The van der Waals surface area contributed by atoms with Crippen molar-refractivity contribution in [2.75, 3.05) is 32.9 Å². The summed E-state index contributed by atoms with van der Waals surface area (Å²) in [6.07, 6.45) is 1.41. The van der Waals surface area contributed by atoms with E-state index in [0.29, 0.717) is 31.7 Å². The zero-order valence-electron chi connectivity index (χ0n) is 18.9. The number of rotatable bonds is 8. The van der Waals surface area contributed by atoms with Crippen LogP contribution in [0.3, 0.4) is 0 Å². The lowest BCUT2D eigenvalue weighted by Gasteiger charge is -2.23. The summed E-state index contributed by atoms with van der Waals surface area (Å²) in [5, 5.41) is 2.23. The number of carbonyl (C=O) groups is 1. The molecule has 0 bridgehead atoms. The van der Waals surface area contributed by atoms with Crippen LogP contribution in [0.2, 0.25) is 0 Å². The van der Waals surface area contributed by atoms with Gasteiger partial charge in [-0.05, 0) is 54.8 Å². The molecule has 32 heavy (non-hydrogen) atoms. The summed E-state index contributed by atoms with van der Waals surface area (Å²) >= 11 is 0. The Morgan fingerprint density at radius 3 is 2.56 bits per heavy atom. The monoisotopic (exact) mass is 433 g/mol. The van der Waals surface area contributed by atoms with Gasteiger partial charge in [0.05, 0.1) is 19.8 Å². The van der Waals surface area contributed by atoms with Crippen LogP contribution >= 0.6 is 0 Å². The van der Waals surface area contributed by atoms with Gasteiger partial charge in [-0.15, -0.1) is 0 Å². The highest BCUT2D eigenvalue weighted by atomic mass is 16.7. The van der Waals surface area contributed by atoms with Crippen LogP contribution in [0, 0.1) is 0 Å². The van der Waals surface area contributed by atoms with E-state index in [9.17, 15) is 4.79 Å². The Kier molecular flexibility index (Phi) is 7.40. The standard InChI is InChI=1S/C27H31NO4/c1-3-28(4-2)27(29)22-11-7-10-21(19-22)26-23-12-6-5-9-20(23)13-14-24(26)30-18-15-25-31-16-8-17-32-25/h5-7,9-14,19,25H,3-4,8,15-18H2,1-2H3. The molecule has 0 N–H and O–H groups in total. The minimum Gasteiger partial charge on any atom is -0.493 e. The number of hydrogen-bond acceptors (Lipinski definition) is 4. The molecular weight excluding hydrogens is 402 g/mol. The zero-order chi connectivity index (χ0) is 22.3. The van der Waals surface area contributed by atoms with Gasteiger partial charge in [-0.1, -0.05) is 42.5 Å². The van der Waals surface area contributed by atoms with Crippen molar-refractivity contribution in [1.29, 1.82) is 0 Å². The molecule has 3 aromatic rings. The Balaban J connectivity index is 1.66. The number of carbonyl (C=O) groups excluding carboxylic acids is 1. The van der Waals surface area contributed by atoms with Crippen LogP contribution in [0.5, 0.6) is 5.75 Å². The van der Waals surface area contributed by atoms with E-state index in [1.165, 1.54) is 0 Å². The van der Waals surface area contributed by atoms with Gasteiger partial charge in [-0.25, -0.2) is 0 Å². The maximum Gasteiger partial charge on any atom is 0.253 e. The maximum absolute atomic E-state index is 13.0. The Hall–Kier alpha value is -2.89. The van der Waals surface area contributed by atoms with E-state index in [4.69, 9.17) is 14.2 Å². The topological polar surface area (TPSA) is 48.0 Å². The highest BCUT2D eigenvalue weighted by molar-refractivity contribution is 6.02. The fourth-order valence-corrected chi connectivity index (χ4v) is 4.14. The first-order valence-corrected chi connectivity index (χ1v) is 11.5. The van der Waals surface area contributed by atoms with Crippen LogP contribution in [0.1, 0.15) is 37.0 Å². The van der Waals surface area contributed by atoms with Gasteiger partial charge in [0.1, 0.15) is 5.75 Å². The van der Waals surface area contributed by atoms with Gasteiger partial charge < -0.3 is 19.1 Å². The molecule has 0 spiro atoms. The van der Waals surface area contributed by atoms with Gasteiger partial charge in [0.15, 0.2) is 6.29 Å². The Morgan fingerprint density at radius 1 is 1.00 bits per heavy atom. The number of amides is 1. The Bertz CT molecular complexity index is 1050. The molecule has 0 saturated carbocycles. The van der Waals surface area contributed by atoms with Gasteiger partial charge in [-0.3, -0.25) is 4.79 Å². The number of ether oxygens (including phenoxy) is 3. The Morgan fingerprint density at radius 2 is 1.78 bits per heavy atom. The summed E-state index contributed by atoms with van der Waals surface area (Å²) in [7, 11) is 0. The summed E-state index contributed by atoms with van der Waals surface area (Å²) in [5.41, 5.74) is 2.66. The summed E-state index contributed by atoms with van der Waals surface area (Å²) in [4.78, 5) is 14.8. The molecule has 168 valence electrons. The fraction of sp³-hybridized carbons (Fsp3) is 0.370. The van der Waals surface area contributed by atoms with Crippen LogP contribution in [-0.4, -0.2) is 50.0 Å². The second-order valence-corrected chi connectivity index (χ2v) is 7.88. The van der Waals surface area contributed by atoms with E-state index in [0.717, 1.165) is 47.3 Å². The third-order valence-electron chi connectivity index (χ3n) is 5.85. The van der Waals surface area contributed by atoms with Crippen molar-refractivity contribution in [1.82, 2.24) is 4.90 Å². The van der Waals surface area contributed by atoms with Crippen molar-refractivity contribution >= 4 is 16.7 Å². The third kappa shape index (κ3) is 4.95. The first-order valence-electron chi connectivity index (χ1n) is 11.5. The van der Waals surface area contributed by atoms with Crippen LogP contribution in [0.4, 0.5) is 0 Å². The molecule has 5 nitrogen and oxygen atoms in total. The van der Waals surface area contributed by atoms with Crippen LogP contribution < -0.4 is 4.74 Å². The molecular formula is C27H31NO4. The van der Waals surface area contributed by atoms with Gasteiger partial charge in [0.25, 0.3) is 5.91 Å². The first kappa shape index (κ1) is 22.3. The molecule has 1 amide bonds. The lowest BCUT2D eigenvalue weighted by Crippen LogP contribution is -2.30. The Labute approximate surface area is 189 Å². The van der Waals surface area contributed by atoms with E-state index in [1.54, 1.807) is 0 Å². The van der Waals surface area contributed by atoms with E-state index < -0.39 is 0 Å².